The maximum atomic E-state index is 13.1. The molecule has 0 bridgehead atoms. The van der Waals surface area contributed by atoms with E-state index in [2.05, 4.69) is 9.36 Å². The van der Waals surface area contributed by atoms with Crippen LogP contribution in [-0.2, 0) is 17.7 Å². The van der Waals surface area contributed by atoms with E-state index in [1.165, 1.54) is 23.7 Å². The van der Waals surface area contributed by atoms with Gasteiger partial charge in [0.1, 0.15) is 11.6 Å². The fraction of sp³-hybridized carbons (Fsp3) is 0.385. The topological polar surface area (TPSA) is 38.2 Å². The van der Waals surface area contributed by atoms with Gasteiger partial charge >= 0.3 is 0 Å². The van der Waals surface area contributed by atoms with E-state index in [9.17, 15) is 4.39 Å². The van der Waals surface area contributed by atoms with Gasteiger partial charge in [-0.2, -0.15) is 4.37 Å². The van der Waals surface area contributed by atoms with Gasteiger partial charge in [0.2, 0.25) is 5.13 Å². The first kappa shape index (κ1) is 13.9. The Balaban J connectivity index is 1.99. The number of rotatable bonds is 6. The molecule has 2 aromatic rings. The van der Waals surface area contributed by atoms with Gasteiger partial charge in [-0.1, -0.05) is 12.1 Å². The average molecular weight is 281 g/mol. The molecule has 2 rings (SSSR count). The van der Waals surface area contributed by atoms with Crippen molar-refractivity contribution in [3.05, 3.63) is 41.5 Å². The molecule has 0 saturated heterocycles. The third-order valence-corrected chi connectivity index (χ3v) is 3.49. The summed E-state index contributed by atoms with van der Waals surface area (Å²) in [6.07, 6.45) is 0.709. The molecule has 0 unspecified atom stereocenters. The van der Waals surface area contributed by atoms with Crippen molar-refractivity contribution in [3.63, 3.8) is 0 Å². The molecule has 0 spiro atoms. The third kappa shape index (κ3) is 3.97. The number of aromatic nitrogens is 2. The minimum Gasteiger partial charge on any atom is -0.384 e. The number of anilines is 1. The van der Waals surface area contributed by atoms with Crippen molar-refractivity contribution in [2.45, 2.75) is 13.0 Å². The fourth-order valence-electron chi connectivity index (χ4n) is 1.67. The lowest BCUT2D eigenvalue weighted by Gasteiger charge is -2.14. The Kier molecular flexibility index (Phi) is 4.81. The smallest absolute Gasteiger partial charge is 0.205 e. The SMILES string of the molecule is COCCc1nsc(N(C)Cc2cccc(F)c2)n1. The molecule has 0 atom stereocenters. The molecule has 0 saturated carbocycles. The summed E-state index contributed by atoms with van der Waals surface area (Å²) in [6.45, 7) is 1.22. The van der Waals surface area contributed by atoms with Gasteiger partial charge in [0, 0.05) is 38.7 Å². The third-order valence-electron chi connectivity index (χ3n) is 2.62. The van der Waals surface area contributed by atoms with Crippen molar-refractivity contribution >= 4 is 16.7 Å². The van der Waals surface area contributed by atoms with Gasteiger partial charge in [-0.05, 0) is 17.7 Å². The van der Waals surface area contributed by atoms with E-state index in [4.69, 9.17) is 4.74 Å². The molecular weight excluding hydrogens is 265 g/mol. The van der Waals surface area contributed by atoms with E-state index in [-0.39, 0.29) is 5.82 Å². The average Bonchev–Trinajstić information content (AvgIpc) is 2.85. The van der Waals surface area contributed by atoms with Crippen LogP contribution in [0.1, 0.15) is 11.4 Å². The van der Waals surface area contributed by atoms with Gasteiger partial charge in [-0.25, -0.2) is 9.37 Å². The summed E-state index contributed by atoms with van der Waals surface area (Å²) in [5.41, 5.74) is 0.913. The predicted octanol–water partition coefficient (Wildman–Crippen LogP) is 2.50. The summed E-state index contributed by atoms with van der Waals surface area (Å²) < 4.78 is 22.4. The zero-order chi connectivity index (χ0) is 13.7. The lowest BCUT2D eigenvalue weighted by molar-refractivity contribution is 0.201. The Morgan fingerprint density at radius 2 is 2.26 bits per heavy atom. The summed E-state index contributed by atoms with van der Waals surface area (Å²) in [5.74, 6) is 0.567. The van der Waals surface area contributed by atoms with Crippen molar-refractivity contribution in [3.8, 4) is 0 Å². The Morgan fingerprint density at radius 3 is 3.00 bits per heavy atom. The highest BCUT2D eigenvalue weighted by Crippen LogP contribution is 2.18. The van der Waals surface area contributed by atoms with E-state index in [0.717, 1.165) is 16.5 Å². The molecule has 102 valence electrons. The minimum absolute atomic E-state index is 0.219. The zero-order valence-corrected chi connectivity index (χ0v) is 11.8. The second-order valence-electron chi connectivity index (χ2n) is 4.22. The largest absolute Gasteiger partial charge is 0.384 e. The molecule has 0 fully saturated rings. The van der Waals surface area contributed by atoms with Crippen LogP contribution < -0.4 is 4.90 Å². The van der Waals surface area contributed by atoms with Gasteiger partial charge in [0.05, 0.1) is 6.61 Å². The van der Waals surface area contributed by atoms with Gasteiger partial charge in [-0.15, -0.1) is 0 Å². The summed E-state index contributed by atoms with van der Waals surface area (Å²) in [4.78, 5) is 6.39. The molecule has 1 heterocycles. The Bertz CT molecular complexity index is 532. The number of halogens is 1. The number of benzene rings is 1. The standard InChI is InChI=1S/C13H16FN3OS/c1-17(9-10-4-3-5-11(14)8-10)13-15-12(16-19-13)6-7-18-2/h3-5,8H,6-7,9H2,1-2H3. The normalized spacial score (nSPS) is 10.7. The molecule has 1 aromatic heterocycles. The fourth-order valence-corrected chi connectivity index (χ4v) is 2.34. The van der Waals surface area contributed by atoms with Crippen LogP contribution in [0.3, 0.4) is 0 Å². The first-order chi connectivity index (χ1) is 9.19. The number of ether oxygens (including phenoxy) is 1. The minimum atomic E-state index is -0.219. The zero-order valence-electron chi connectivity index (χ0n) is 11.0. The van der Waals surface area contributed by atoms with E-state index < -0.39 is 0 Å². The second-order valence-corrected chi connectivity index (χ2v) is 4.95. The van der Waals surface area contributed by atoms with E-state index in [0.29, 0.717) is 19.6 Å². The van der Waals surface area contributed by atoms with E-state index >= 15 is 0 Å². The van der Waals surface area contributed by atoms with Crippen molar-refractivity contribution in [1.29, 1.82) is 0 Å². The van der Waals surface area contributed by atoms with Crippen LogP contribution in [0.15, 0.2) is 24.3 Å². The summed E-state index contributed by atoms with van der Waals surface area (Å²) >= 11 is 1.35. The van der Waals surface area contributed by atoms with Gasteiger partial charge in [0.25, 0.3) is 0 Å². The summed E-state index contributed by atoms with van der Waals surface area (Å²) in [7, 11) is 3.58. The van der Waals surface area contributed by atoms with E-state index in [1.54, 1.807) is 13.2 Å². The molecule has 0 aliphatic heterocycles. The number of hydrogen-bond donors (Lipinski definition) is 0. The Labute approximate surface area is 116 Å². The predicted molar refractivity (Wildman–Crippen MR) is 74.0 cm³/mol. The molecule has 0 amide bonds. The van der Waals surface area contributed by atoms with Crippen LogP contribution in [-0.4, -0.2) is 30.1 Å². The quantitative estimate of drug-likeness (QED) is 0.815. The first-order valence-electron chi connectivity index (χ1n) is 5.96. The molecule has 19 heavy (non-hydrogen) atoms. The maximum Gasteiger partial charge on any atom is 0.205 e. The molecule has 4 nitrogen and oxygen atoms in total. The lowest BCUT2D eigenvalue weighted by Crippen LogP contribution is -2.16. The van der Waals surface area contributed by atoms with Crippen LogP contribution in [0.25, 0.3) is 0 Å². The van der Waals surface area contributed by atoms with Crippen molar-refractivity contribution < 1.29 is 9.13 Å². The molecular formula is C13H16FN3OS. The molecule has 0 radical (unpaired) electrons. The Hall–Kier alpha value is -1.53. The summed E-state index contributed by atoms with van der Waals surface area (Å²) in [6, 6.07) is 6.58. The highest BCUT2D eigenvalue weighted by molar-refractivity contribution is 7.09. The van der Waals surface area contributed by atoms with Gasteiger partial charge < -0.3 is 9.64 Å². The molecule has 6 heteroatoms. The number of nitrogens with zero attached hydrogens (tertiary/aromatic N) is 3. The maximum absolute atomic E-state index is 13.1. The molecule has 0 N–H and O–H groups in total. The molecule has 0 aliphatic rings. The highest BCUT2D eigenvalue weighted by Gasteiger charge is 2.09. The Morgan fingerprint density at radius 1 is 1.42 bits per heavy atom. The van der Waals surface area contributed by atoms with Gasteiger partial charge in [0.15, 0.2) is 0 Å². The number of hydrogen-bond acceptors (Lipinski definition) is 5. The van der Waals surface area contributed by atoms with Crippen molar-refractivity contribution in [2.24, 2.45) is 0 Å². The van der Waals surface area contributed by atoms with Crippen molar-refractivity contribution in [1.82, 2.24) is 9.36 Å². The van der Waals surface area contributed by atoms with Crippen LogP contribution in [0.5, 0.6) is 0 Å². The molecule has 1 aromatic carbocycles. The van der Waals surface area contributed by atoms with Crippen LogP contribution in [0.2, 0.25) is 0 Å². The van der Waals surface area contributed by atoms with Crippen LogP contribution in [0.4, 0.5) is 9.52 Å². The van der Waals surface area contributed by atoms with Crippen molar-refractivity contribution in [2.75, 3.05) is 25.7 Å². The van der Waals surface area contributed by atoms with E-state index in [1.807, 2.05) is 18.0 Å². The van der Waals surface area contributed by atoms with Gasteiger partial charge in [-0.3, -0.25) is 0 Å². The second kappa shape index (κ2) is 6.58. The first-order valence-corrected chi connectivity index (χ1v) is 6.73. The van der Waals surface area contributed by atoms with Crippen LogP contribution in [0, 0.1) is 5.82 Å². The number of methoxy groups -OCH3 is 1. The monoisotopic (exact) mass is 281 g/mol. The highest BCUT2D eigenvalue weighted by atomic mass is 32.1. The summed E-state index contributed by atoms with van der Waals surface area (Å²) in [5, 5.41) is 0.829. The lowest BCUT2D eigenvalue weighted by atomic mass is 10.2. The van der Waals surface area contributed by atoms with Crippen LogP contribution >= 0.6 is 11.5 Å². The molecule has 0 aliphatic carbocycles.